The van der Waals surface area contributed by atoms with Crippen molar-refractivity contribution in [3.8, 4) is 0 Å². The average Bonchev–Trinajstić information content (AvgIpc) is 2.88. The van der Waals surface area contributed by atoms with E-state index in [1.807, 2.05) is 6.92 Å². The number of hydrogen-bond donors (Lipinski definition) is 3. The average molecular weight is 364 g/mol. The maximum absolute atomic E-state index is 11.8. The summed E-state index contributed by atoms with van der Waals surface area (Å²) >= 11 is 0. The molecule has 1 aliphatic heterocycles. The Morgan fingerprint density at radius 2 is 2.04 bits per heavy atom. The highest BCUT2D eigenvalue weighted by Crippen LogP contribution is 2.62. The molecule has 144 valence electrons. The third kappa shape index (κ3) is 2.79. The topological polar surface area (TPSA) is 104 Å². The second-order valence-corrected chi connectivity index (χ2v) is 8.50. The molecule has 6 nitrogen and oxygen atoms in total. The number of allylic oxidation sites excluding steroid dienone is 1. The SMILES string of the molecule is C[C@H]1C[C@@H](O)[C@]2(C)C(C(=O)O)=CCC[C@H]2[C@@]1(C)CCC1=CC(=O)O[C@@H]1O. The number of hydrogen-bond acceptors (Lipinski definition) is 5. The molecule has 0 aromatic rings. The Kier molecular flexibility index (Phi) is 4.78. The lowest BCUT2D eigenvalue weighted by atomic mass is 9.45. The Morgan fingerprint density at radius 1 is 1.35 bits per heavy atom. The van der Waals surface area contributed by atoms with Crippen LogP contribution in [0.5, 0.6) is 0 Å². The highest BCUT2D eigenvalue weighted by molar-refractivity contribution is 5.88. The minimum absolute atomic E-state index is 0.0145. The van der Waals surface area contributed by atoms with Gasteiger partial charge in [0.15, 0.2) is 0 Å². The van der Waals surface area contributed by atoms with Crippen LogP contribution in [0.25, 0.3) is 0 Å². The molecule has 1 heterocycles. The van der Waals surface area contributed by atoms with Crippen molar-refractivity contribution in [3.05, 3.63) is 23.3 Å². The van der Waals surface area contributed by atoms with E-state index in [1.54, 1.807) is 6.08 Å². The number of carboxylic acids is 1. The number of cyclic esters (lactones) is 1. The fourth-order valence-electron chi connectivity index (χ4n) is 5.51. The highest BCUT2D eigenvalue weighted by Gasteiger charge is 2.59. The number of esters is 1. The number of fused-ring (bicyclic) bond motifs is 1. The molecule has 3 rings (SSSR count). The van der Waals surface area contributed by atoms with E-state index >= 15 is 0 Å². The van der Waals surface area contributed by atoms with Crippen molar-refractivity contribution in [1.82, 2.24) is 0 Å². The molecule has 3 aliphatic rings. The third-order valence-corrected chi connectivity index (χ3v) is 7.33. The summed E-state index contributed by atoms with van der Waals surface area (Å²) < 4.78 is 4.76. The molecule has 1 saturated carbocycles. The van der Waals surface area contributed by atoms with Gasteiger partial charge in [0.2, 0.25) is 6.29 Å². The molecule has 0 bridgehead atoms. The Bertz CT molecular complexity index is 680. The normalized spacial score (nSPS) is 42.6. The van der Waals surface area contributed by atoms with E-state index in [2.05, 4.69) is 13.8 Å². The first-order valence-corrected chi connectivity index (χ1v) is 9.31. The van der Waals surface area contributed by atoms with Gasteiger partial charge in [-0.3, -0.25) is 0 Å². The zero-order valence-corrected chi connectivity index (χ0v) is 15.6. The standard InChI is InChI=1S/C20H28O6/c1-11-9-15(21)20(3)13(17(23)24)5-4-6-14(20)19(11,2)8-7-12-10-16(22)26-18(12)25/h5,10-11,14-15,18,21,25H,4,6-9H2,1-3H3,(H,23,24)/t11-,14-,15+,18-,19-,20+/m0/s1. The van der Waals surface area contributed by atoms with Crippen molar-refractivity contribution in [2.75, 3.05) is 0 Å². The van der Waals surface area contributed by atoms with E-state index in [4.69, 9.17) is 4.74 Å². The first-order chi connectivity index (χ1) is 12.1. The lowest BCUT2D eigenvalue weighted by Crippen LogP contribution is -2.57. The minimum atomic E-state index is -1.18. The summed E-state index contributed by atoms with van der Waals surface area (Å²) in [6.07, 6.45) is 4.49. The van der Waals surface area contributed by atoms with Gasteiger partial charge in [-0.2, -0.15) is 0 Å². The zero-order chi connectivity index (χ0) is 19.3. The molecule has 3 N–H and O–H groups in total. The van der Waals surface area contributed by atoms with Gasteiger partial charge in [-0.05, 0) is 49.4 Å². The second-order valence-electron chi connectivity index (χ2n) is 8.50. The molecule has 1 fully saturated rings. The Labute approximate surface area is 153 Å². The van der Waals surface area contributed by atoms with Gasteiger partial charge in [0.05, 0.1) is 6.10 Å². The smallest absolute Gasteiger partial charge is 0.333 e. The fourth-order valence-corrected chi connectivity index (χ4v) is 5.51. The molecule has 2 aliphatic carbocycles. The van der Waals surface area contributed by atoms with E-state index in [9.17, 15) is 24.9 Å². The summed E-state index contributed by atoms with van der Waals surface area (Å²) in [5, 5.41) is 30.3. The van der Waals surface area contributed by atoms with Crippen LogP contribution in [0.1, 0.15) is 52.9 Å². The van der Waals surface area contributed by atoms with E-state index in [1.165, 1.54) is 6.08 Å². The van der Waals surface area contributed by atoms with Crippen LogP contribution in [-0.2, 0) is 14.3 Å². The molecule has 26 heavy (non-hydrogen) atoms. The Hall–Kier alpha value is -1.66. The molecule has 0 aromatic heterocycles. The van der Waals surface area contributed by atoms with Crippen molar-refractivity contribution >= 4 is 11.9 Å². The number of carboxylic acid groups (broad SMARTS) is 1. The van der Waals surface area contributed by atoms with Gasteiger partial charge in [0, 0.05) is 22.6 Å². The summed E-state index contributed by atoms with van der Waals surface area (Å²) in [7, 11) is 0. The number of carbonyl (C=O) groups excluding carboxylic acids is 1. The number of aliphatic hydroxyl groups excluding tert-OH is 2. The van der Waals surface area contributed by atoms with Crippen LogP contribution in [0, 0.1) is 22.7 Å². The molecule has 0 unspecified atom stereocenters. The van der Waals surface area contributed by atoms with Gasteiger partial charge < -0.3 is 20.1 Å². The van der Waals surface area contributed by atoms with E-state index in [-0.39, 0.29) is 17.3 Å². The largest absolute Gasteiger partial charge is 0.478 e. The van der Waals surface area contributed by atoms with Crippen molar-refractivity contribution in [2.45, 2.75) is 65.3 Å². The molecule has 0 spiro atoms. The van der Waals surface area contributed by atoms with Gasteiger partial charge in [0.25, 0.3) is 0 Å². The van der Waals surface area contributed by atoms with E-state index in [0.717, 1.165) is 6.42 Å². The molecule has 0 amide bonds. The van der Waals surface area contributed by atoms with Gasteiger partial charge >= 0.3 is 11.9 Å². The number of ether oxygens (including phenoxy) is 1. The first-order valence-electron chi connectivity index (χ1n) is 9.31. The number of aliphatic hydroxyl groups is 2. The highest BCUT2D eigenvalue weighted by atomic mass is 16.6. The molecule has 0 saturated heterocycles. The summed E-state index contributed by atoms with van der Waals surface area (Å²) in [4.78, 5) is 23.2. The maximum atomic E-state index is 11.8. The van der Waals surface area contributed by atoms with Gasteiger partial charge in [0.1, 0.15) is 0 Å². The van der Waals surface area contributed by atoms with Crippen molar-refractivity contribution in [3.63, 3.8) is 0 Å². The fraction of sp³-hybridized carbons (Fsp3) is 0.700. The van der Waals surface area contributed by atoms with Crippen LogP contribution in [0.3, 0.4) is 0 Å². The van der Waals surface area contributed by atoms with Crippen LogP contribution in [0.2, 0.25) is 0 Å². The third-order valence-electron chi connectivity index (χ3n) is 7.33. The predicted octanol–water partition coefficient (Wildman–Crippen LogP) is 2.40. The lowest BCUT2D eigenvalue weighted by molar-refractivity contribution is -0.151. The second kappa shape index (κ2) is 6.50. The monoisotopic (exact) mass is 364 g/mol. The maximum Gasteiger partial charge on any atom is 0.333 e. The Balaban J connectivity index is 1.91. The number of aliphatic carboxylic acids is 1. The van der Waals surface area contributed by atoms with Gasteiger partial charge in [-0.15, -0.1) is 0 Å². The summed E-state index contributed by atoms with van der Waals surface area (Å²) in [5.41, 5.74) is -0.116. The number of carbonyl (C=O) groups is 2. The van der Waals surface area contributed by atoms with Crippen molar-refractivity contribution in [2.24, 2.45) is 22.7 Å². The molecule has 6 heteroatoms. The van der Waals surface area contributed by atoms with Crippen molar-refractivity contribution in [1.29, 1.82) is 0 Å². The molecular weight excluding hydrogens is 336 g/mol. The molecular formula is C20H28O6. The summed E-state index contributed by atoms with van der Waals surface area (Å²) in [6, 6.07) is 0. The molecule has 0 radical (unpaired) electrons. The number of rotatable bonds is 4. The molecule has 0 aromatic carbocycles. The molecule has 6 atom stereocenters. The lowest BCUT2D eigenvalue weighted by Gasteiger charge is -2.59. The zero-order valence-electron chi connectivity index (χ0n) is 15.6. The predicted molar refractivity (Wildman–Crippen MR) is 93.9 cm³/mol. The minimum Gasteiger partial charge on any atom is -0.478 e. The van der Waals surface area contributed by atoms with Crippen LogP contribution in [0.15, 0.2) is 23.3 Å². The first kappa shape index (κ1) is 19.1. The van der Waals surface area contributed by atoms with Crippen LogP contribution < -0.4 is 0 Å². The Morgan fingerprint density at radius 3 is 2.62 bits per heavy atom. The van der Waals surface area contributed by atoms with Crippen molar-refractivity contribution < 1.29 is 29.6 Å². The van der Waals surface area contributed by atoms with Gasteiger partial charge in [-0.1, -0.05) is 26.8 Å². The summed E-state index contributed by atoms with van der Waals surface area (Å²) in [5.74, 6) is -1.27. The summed E-state index contributed by atoms with van der Waals surface area (Å²) in [6.45, 7) is 6.13. The van der Waals surface area contributed by atoms with Crippen LogP contribution in [0.4, 0.5) is 0 Å². The van der Waals surface area contributed by atoms with Crippen LogP contribution in [-0.4, -0.2) is 39.7 Å². The van der Waals surface area contributed by atoms with E-state index < -0.39 is 29.7 Å². The van der Waals surface area contributed by atoms with Gasteiger partial charge in [-0.25, -0.2) is 9.59 Å². The van der Waals surface area contributed by atoms with E-state index in [0.29, 0.717) is 36.8 Å². The van der Waals surface area contributed by atoms with Crippen LogP contribution >= 0.6 is 0 Å². The quantitative estimate of drug-likeness (QED) is 0.662.